The SMILES string of the molecule is CN1CCN(c2nc(Nc3cc(CO)[nH]n3)nc(Sc3ccc(NC(=O)C4CC4)cc3)n2)CC1. The molecule has 0 spiro atoms. The molecule has 1 aliphatic carbocycles. The summed E-state index contributed by atoms with van der Waals surface area (Å²) >= 11 is 1.43. The van der Waals surface area contributed by atoms with E-state index in [1.165, 1.54) is 11.8 Å². The van der Waals surface area contributed by atoms with E-state index in [1.54, 1.807) is 6.07 Å². The van der Waals surface area contributed by atoms with Crippen molar-refractivity contribution in [2.75, 3.05) is 48.8 Å². The van der Waals surface area contributed by atoms with E-state index in [-0.39, 0.29) is 18.4 Å². The molecule has 34 heavy (non-hydrogen) atoms. The van der Waals surface area contributed by atoms with Gasteiger partial charge in [-0.3, -0.25) is 9.89 Å². The molecular formula is C22H27N9O2S. The maximum atomic E-state index is 12.0. The van der Waals surface area contributed by atoms with E-state index in [1.807, 2.05) is 24.3 Å². The number of H-pyrrole nitrogens is 1. The normalized spacial score (nSPS) is 16.5. The summed E-state index contributed by atoms with van der Waals surface area (Å²) in [6, 6.07) is 9.39. The van der Waals surface area contributed by atoms with Crippen LogP contribution in [0.1, 0.15) is 18.5 Å². The van der Waals surface area contributed by atoms with Crippen LogP contribution in [0.5, 0.6) is 0 Å². The van der Waals surface area contributed by atoms with Gasteiger partial charge >= 0.3 is 0 Å². The van der Waals surface area contributed by atoms with E-state index < -0.39 is 0 Å². The molecule has 0 unspecified atom stereocenters. The summed E-state index contributed by atoms with van der Waals surface area (Å²) in [6.45, 7) is 3.40. The second kappa shape index (κ2) is 9.95. The predicted octanol–water partition coefficient (Wildman–Crippen LogP) is 2.08. The fourth-order valence-corrected chi connectivity index (χ4v) is 4.26. The number of benzene rings is 1. The first kappa shape index (κ1) is 22.6. The number of aromatic amines is 1. The van der Waals surface area contributed by atoms with Crippen LogP contribution in [0.2, 0.25) is 0 Å². The zero-order valence-electron chi connectivity index (χ0n) is 18.9. The fraction of sp³-hybridized carbons (Fsp3) is 0.409. The van der Waals surface area contributed by atoms with Gasteiger partial charge < -0.3 is 25.5 Å². The summed E-state index contributed by atoms with van der Waals surface area (Å²) in [5.74, 6) is 1.77. The lowest BCUT2D eigenvalue weighted by atomic mass is 10.3. The van der Waals surface area contributed by atoms with Crippen molar-refractivity contribution in [1.29, 1.82) is 0 Å². The summed E-state index contributed by atoms with van der Waals surface area (Å²) in [5.41, 5.74) is 1.38. The third-order valence-electron chi connectivity index (χ3n) is 5.71. The Labute approximate surface area is 201 Å². The molecular weight excluding hydrogens is 454 g/mol. The van der Waals surface area contributed by atoms with Crippen LogP contribution in [0.15, 0.2) is 40.4 Å². The van der Waals surface area contributed by atoms with E-state index >= 15 is 0 Å². The molecule has 1 saturated heterocycles. The molecule has 11 nitrogen and oxygen atoms in total. The Balaban J connectivity index is 1.35. The summed E-state index contributed by atoms with van der Waals surface area (Å²) in [5, 5.41) is 22.8. The number of carbonyl (C=O) groups is 1. The summed E-state index contributed by atoms with van der Waals surface area (Å²) in [6.07, 6.45) is 1.95. The van der Waals surface area contributed by atoms with Gasteiger partial charge in [0.25, 0.3) is 0 Å². The maximum absolute atomic E-state index is 12.0. The summed E-state index contributed by atoms with van der Waals surface area (Å²) < 4.78 is 0. The van der Waals surface area contributed by atoms with Gasteiger partial charge in [-0.2, -0.15) is 20.1 Å². The van der Waals surface area contributed by atoms with Gasteiger partial charge in [0.2, 0.25) is 17.8 Å². The third kappa shape index (κ3) is 5.64. The Morgan fingerprint density at radius 3 is 2.59 bits per heavy atom. The van der Waals surface area contributed by atoms with E-state index in [0.29, 0.717) is 28.6 Å². The molecule has 12 heteroatoms. The van der Waals surface area contributed by atoms with Crippen molar-refractivity contribution in [2.24, 2.45) is 5.92 Å². The van der Waals surface area contributed by atoms with Crippen LogP contribution in [0, 0.1) is 5.92 Å². The largest absolute Gasteiger partial charge is 0.390 e. The van der Waals surface area contributed by atoms with Crippen molar-refractivity contribution in [2.45, 2.75) is 29.5 Å². The van der Waals surface area contributed by atoms with Crippen LogP contribution in [-0.2, 0) is 11.4 Å². The van der Waals surface area contributed by atoms with Crippen molar-refractivity contribution in [3.63, 3.8) is 0 Å². The number of nitrogens with zero attached hydrogens (tertiary/aromatic N) is 6. The molecule has 4 N–H and O–H groups in total. The lowest BCUT2D eigenvalue weighted by molar-refractivity contribution is -0.117. The van der Waals surface area contributed by atoms with Crippen LogP contribution >= 0.6 is 11.8 Å². The number of hydrogen-bond donors (Lipinski definition) is 4. The first-order valence-corrected chi connectivity index (χ1v) is 12.1. The van der Waals surface area contributed by atoms with Crippen molar-refractivity contribution in [3.8, 4) is 0 Å². The second-order valence-corrected chi connectivity index (χ2v) is 9.52. The Bertz CT molecular complexity index is 1140. The Hall–Kier alpha value is -3.22. The fourth-order valence-electron chi connectivity index (χ4n) is 3.52. The minimum atomic E-state index is -0.128. The number of carbonyl (C=O) groups excluding carboxylic acids is 1. The van der Waals surface area contributed by atoms with Gasteiger partial charge in [0.15, 0.2) is 11.0 Å². The first-order valence-electron chi connectivity index (χ1n) is 11.3. The van der Waals surface area contributed by atoms with E-state index in [4.69, 9.17) is 4.98 Å². The molecule has 2 aliphatic rings. The smallest absolute Gasteiger partial charge is 0.234 e. The topological polar surface area (TPSA) is 135 Å². The highest BCUT2D eigenvalue weighted by Gasteiger charge is 2.29. The summed E-state index contributed by atoms with van der Waals surface area (Å²) in [4.78, 5) is 31.3. The lowest BCUT2D eigenvalue weighted by Gasteiger charge is -2.32. The lowest BCUT2D eigenvalue weighted by Crippen LogP contribution is -2.45. The van der Waals surface area contributed by atoms with Crippen LogP contribution in [-0.4, -0.2) is 74.3 Å². The van der Waals surface area contributed by atoms with Crippen molar-refractivity contribution in [3.05, 3.63) is 36.0 Å². The molecule has 2 aromatic heterocycles. The van der Waals surface area contributed by atoms with Gasteiger partial charge in [-0.25, -0.2) is 0 Å². The standard InChI is InChI=1S/C22H27N9O2S/c1-30-8-10-31(11-9-30)21-25-20(24-18-12-16(13-32)28-29-18)26-22(27-21)34-17-6-4-15(5-7-17)23-19(33)14-2-3-14/h4-7,12,14,32H,2-3,8-11,13H2,1H3,(H,23,33)(H2,24,25,26,27,28,29). The van der Waals surface area contributed by atoms with Crippen LogP contribution < -0.4 is 15.5 Å². The van der Waals surface area contributed by atoms with E-state index in [9.17, 15) is 9.90 Å². The highest BCUT2D eigenvalue weighted by atomic mass is 32.2. The van der Waals surface area contributed by atoms with Crippen molar-refractivity contribution in [1.82, 2.24) is 30.0 Å². The average Bonchev–Trinajstić information content (AvgIpc) is 3.60. The second-order valence-electron chi connectivity index (χ2n) is 8.48. The summed E-state index contributed by atoms with van der Waals surface area (Å²) in [7, 11) is 2.10. The molecule has 0 radical (unpaired) electrons. The Morgan fingerprint density at radius 2 is 1.91 bits per heavy atom. The molecule has 1 aromatic carbocycles. The van der Waals surface area contributed by atoms with Crippen LogP contribution in [0.25, 0.3) is 0 Å². The number of piperazine rings is 1. The number of likely N-dealkylation sites (N-methyl/N-ethyl adjacent to an activating group) is 1. The van der Waals surface area contributed by atoms with E-state index in [2.05, 4.69) is 47.6 Å². The number of amides is 1. The van der Waals surface area contributed by atoms with Gasteiger partial charge in [-0.1, -0.05) is 0 Å². The zero-order chi connectivity index (χ0) is 23.5. The first-order chi connectivity index (χ1) is 16.6. The molecule has 3 heterocycles. The minimum absolute atomic E-state index is 0.0909. The van der Waals surface area contributed by atoms with Gasteiger partial charge in [0, 0.05) is 48.7 Å². The number of aromatic nitrogens is 5. The number of nitrogens with one attached hydrogen (secondary N) is 3. The molecule has 0 atom stereocenters. The molecule has 2 fully saturated rings. The highest BCUT2D eigenvalue weighted by Crippen LogP contribution is 2.31. The quantitative estimate of drug-likeness (QED) is 0.379. The highest BCUT2D eigenvalue weighted by molar-refractivity contribution is 7.99. The van der Waals surface area contributed by atoms with Gasteiger partial charge in [-0.05, 0) is 55.9 Å². The number of aliphatic hydroxyl groups is 1. The molecule has 1 saturated carbocycles. The van der Waals surface area contributed by atoms with Gasteiger partial charge in [0.1, 0.15) is 0 Å². The van der Waals surface area contributed by atoms with Crippen LogP contribution in [0.4, 0.5) is 23.4 Å². The minimum Gasteiger partial charge on any atom is -0.390 e. The Morgan fingerprint density at radius 1 is 1.15 bits per heavy atom. The molecule has 1 aliphatic heterocycles. The van der Waals surface area contributed by atoms with E-state index in [0.717, 1.165) is 49.6 Å². The van der Waals surface area contributed by atoms with Crippen molar-refractivity contribution < 1.29 is 9.90 Å². The number of aliphatic hydroxyl groups excluding tert-OH is 1. The molecule has 178 valence electrons. The monoisotopic (exact) mass is 481 g/mol. The van der Waals surface area contributed by atoms with Gasteiger partial charge in [0.05, 0.1) is 12.3 Å². The number of hydrogen-bond acceptors (Lipinski definition) is 10. The van der Waals surface area contributed by atoms with Gasteiger partial charge in [-0.15, -0.1) is 0 Å². The zero-order valence-corrected chi connectivity index (χ0v) is 19.7. The Kier molecular flexibility index (Phi) is 6.61. The van der Waals surface area contributed by atoms with Crippen LogP contribution in [0.3, 0.4) is 0 Å². The molecule has 5 rings (SSSR count). The maximum Gasteiger partial charge on any atom is 0.234 e. The van der Waals surface area contributed by atoms with Crippen molar-refractivity contribution >= 4 is 41.1 Å². The average molecular weight is 482 g/mol. The third-order valence-corrected chi connectivity index (χ3v) is 6.58. The molecule has 0 bridgehead atoms. The number of rotatable bonds is 8. The molecule has 1 amide bonds. The predicted molar refractivity (Wildman–Crippen MR) is 129 cm³/mol. The number of anilines is 4. The molecule has 3 aromatic rings.